The van der Waals surface area contributed by atoms with Gasteiger partial charge in [0.1, 0.15) is 0 Å². The fraction of sp³-hybridized carbons (Fsp3) is 0.750. The molecule has 0 fully saturated rings. The Bertz CT molecular complexity index is 76.2. The highest BCUT2D eigenvalue weighted by Crippen LogP contribution is 1.76. The summed E-state index contributed by atoms with van der Waals surface area (Å²) in [5, 5.41) is 16.3. The minimum atomic E-state index is -0.968. The molecule has 0 aromatic heterocycles. The van der Waals surface area contributed by atoms with Crippen molar-refractivity contribution in [2.24, 2.45) is 0 Å². The maximum absolute atomic E-state index is 8.37. The Morgan fingerprint density at radius 1 is 2.00 bits per heavy atom. The molecule has 40 valence electrons. The van der Waals surface area contributed by atoms with E-state index < -0.39 is 6.10 Å². The van der Waals surface area contributed by atoms with Crippen molar-refractivity contribution in [1.29, 1.82) is 5.26 Å². The highest BCUT2D eigenvalue weighted by atomic mass is 16.5. The summed E-state index contributed by atoms with van der Waals surface area (Å²) in [6, 6.07) is 1.60. The second-order valence-corrected chi connectivity index (χ2v) is 1.10. The van der Waals surface area contributed by atoms with Crippen LogP contribution in [0.5, 0.6) is 0 Å². The molecule has 0 rings (SSSR count). The lowest BCUT2D eigenvalue weighted by molar-refractivity contribution is 0.0975. The SMILES string of the molecule is COC[C@H](O)C#N. The van der Waals surface area contributed by atoms with E-state index in [9.17, 15) is 0 Å². The molecule has 0 aliphatic heterocycles. The molecule has 0 amide bonds. The molecule has 0 aliphatic rings. The summed E-state index contributed by atoms with van der Waals surface area (Å²) in [7, 11) is 1.43. The van der Waals surface area contributed by atoms with Gasteiger partial charge in [0.25, 0.3) is 0 Å². The molecule has 0 saturated heterocycles. The van der Waals surface area contributed by atoms with Crippen LogP contribution in [0.2, 0.25) is 0 Å². The van der Waals surface area contributed by atoms with Crippen LogP contribution in [0.25, 0.3) is 0 Å². The van der Waals surface area contributed by atoms with E-state index in [4.69, 9.17) is 10.4 Å². The third kappa shape index (κ3) is 3.23. The van der Waals surface area contributed by atoms with Crippen LogP contribution >= 0.6 is 0 Å². The van der Waals surface area contributed by atoms with Gasteiger partial charge < -0.3 is 9.84 Å². The summed E-state index contributed by atoms with van der Waals surface area (Å²) < 4.78 is 4.42. The monoisotopic (exact) mass is 101 g/mol. The fourth-order valence-electron chi connectivity index (χ4n) is 0.195. The van der Waals surface area contributed by atoms with Crippen molar-refractivity contribution < 1.29 is 9.84 Å². The summed E-state index contributed by atoms with van der Waals surface area (Å²) in [5.41, 5.74) is 0. The number of ether oxygens (including phenoxy) is 1. The van der Waals surface area contributed by atoms with Crippen molar-refractivity contribution in [3.63, 3.8) is 0 Å². The van der Waals surface area contributed by atoms with Crippen LogP contribution in [-0.4, -0.2) is 24.9 Å². The number of nitrogens with zero attached hydrogens (tertiary/aromatic N) is 1. The van der Waals surface area contributed by atoms with Gasteiger partial charge in [0, 0.05) is 7.11 Å². The Balaban J connectivity index is 3.04. The van der Waals surface area contributed by atoms with Gasteiger partial charge >= 0.3 is 0 Å². The highest BCUT2D eigenvalue weighted by molar-refractivity contribution is 4.80. The normalized spacial score (nSPS) is 12.7. The number of methoxy groups -OCH3 is 1. The predicted octanol–water partition coefficient (Wildman–Crippen LogP) is -0.483. The smallest absolute Gasteiger partial charge is 0.163 e. The third-order valence-corrected chi connectivity index (χ3v) is 0.474. The van der Waals surface area contributed by atoms with Gasteiger partial charge in [-0.05, 0) is 0 Å². The van der Waals surface area contributed by atoms with Gasteiger partial charge in [-0.1, -0.05) is 0 Å². The van der Waals surface area contributed by atoms with Crippen LogP contribution in [-0.2, 0) is 4.74 Å². The Labute approximate surface area is 42.1 Å². The first-order chi connectivity index (χ1) is 3.31. The summed E-state index contributed by atoms with van der Waals surface area (Å²) in [5.74, 6) is 0. The van der Waals surface area contributed by atoms with Crippen molar-refractivity contribution in [3.05, 3.63) is 0 Å². The first-order valence-electron chi connectivity index (χ1n) is 1.88. The topological polar surface area (TPSA) is 53.2 Å². The van der Waals surface area contributed by atoms with Gasteiger partial charge in [-0.25, -0.2) is 0 Å². The largest absolute Gasteiger partial charge is 0.381 e. The molecule has 0 aromatic rings. The lowest BCUT2D eigenvalue weighted by Crippen LogP contribution is -2.09. The molecule has 0 unspecified atom stereocenters. The molecule has 0 aliphatic carbocycles. The number of nitriles is 1. The van der Waals surface area contributed by atoms with E-state index >= 15 is 0 Å². The van der Waals surface area contributed by atoms with Crippen LogP contribution in [0, 0.1) is 11.3 Å². The van der Waals surface area contributed by atoms with Crippen molar-refractivity contribution in [3.8, 4) is 6.07 Å². The average Bonchev–Trinajstić information content (AvgIpc) is 1.68. The zero-order chi connectivity index (χ0) is 5.70. The quantitative estimate of drug-likeness (QED) is 0.478. The summed E-state index contributed by atoms with van der Waals surface area (Å²) in [4.78, 5) is 0. The molecule has 1 atom stereocenters. The van der Waals surface area contributed by atoms with E-state index in [-0.39, 0.29) is 6.61 Å². The van der Waals surface area contributed by atoms with Crippen LogP contribution in [0.3, 0.4) is 0 Å². The minimum absolute atomic E-state index is 0.0938. The van der Waals surface area contributed by atoms with E-state index in [1.54, 1.807) is 6.07 Å². The van der Waals surface area contributed by atoms with E-state index in [1.807, 2.05) is 0 Å². The third-order valence-electron chi connectivity index (χ3n) is 0.474. The van der Waals surface area contributed by atoms with Gasteiger partial charge in [-0.15, -0.1) is 0 Å². The number of hydrogen-bond donors (Lipinski definition) is 1. The highest BCUT2D eigenvalue weighted by Gasteiger charge is 1.95. The average molecular weight is 101 g/mol. The molecule has 3 nitrogen and oxygen atoms in total. The van der Waals surface area contributed by atoms with Crippen molar-refractivity contribution in [1.82, 2.24) is 0 Å². The zero-order valence-corrected chi connectivity index (χ0v) is 4.09. The van der Waals surface area contributed by atoms with Crippen LogP contribution < -0.4 is 0 Å². The lowest BCUT2D eigenvalue weighted by atomic mass is 10.4. The molecule has 0 radical (unpaired) electrons. The molecule has 0 heterocycles. The van der Waals surface area contributed by atoms with Gasteiger partial charge in [0.2, 0.25) is 0 Å². The Hall–Kier alpha value is -0.590. The van der Waals surface area contributed by atoms with Crippen LogP contribution in [0.1, 0.15) is 0 Å². The Morgan fingerprint density at radius 3 is 2.71 bits per heavy atom. The number of rotatable bonds is 2. The molecule has 0 saturated carbocycles. The lowest BCUT2D eigenvalue weighted by Gasteiger charge is -1.94. The summed E-state index contributed by atoms with van der Waals surface area (Å²) in [6.07, 6.45) is -0.968. The van der Waals surface area contributed by atoms with Crippen LogP contribution in [0.15, 0.2) is 0 Å². The number of aliphatic hydroxyl groups is 1. The first-order valence-corrected chi connectivity index (χ1v) is 1.88. The second kappa shape index (κ2) is 3.59. The summed E-state index contributed by atoms with van der Waals surface area (Å²) >= 11 is 0. The zero-order valence-electron chi connectivity index (χ0n) is 4.09. The van der Waals surface area contributed by atoms with Gasteiger partial charge in [-0.3, -0.25) is 0 Å². The maximum Gasteiger partial charge on any atom is 0.163 e. The molecule has 1 N–H and O–H groups in total. The number of aliphatic hydroxyl groups excluding tert-OH is 1. The van der Waals surface area contributed by atoms with Crippen molar-refractivity contribution >= 4 is 0 Å². The van der Waals surface area contributed by atoms with Crippen molar-refractivity contribution in [2.45, 2.75) is 6.10 Å². The predicted molar refractivity (Wildman–Crippen MR) is 23.5 cm³/mol. The number of hydrogen-bond acceptors (Lipinski definition) is 3. The van der Waals surface area contributed by atoms with Crippen molar-refractivity contribution in [2.75, 3.05) is 13.7 Å². The van der Waals surface area contributed by atoms with E-state index in [2.05, 4.69) is 4.74 Å². The first kappa shape index (κ1) is 6.41. The standard InChI is InChI=1S/C4H7NO2/c1-7-3-4(6)2-5/h4,6H,3H2,1H3/t4-/m1/s1. The van der Waals surface area contributed by atoms with Gasteiger partial charge in [-0.2, -0.15) is 5.26 Å². The van der Waals surface area contributed by atoms with E-state index in [1.165, 1.54) is 7.11 Å². The molecular weight excluding hydrogens is 94.0 g/mol. The molecule has 3 heteroatoms. The van der Waals surface area contributed by atoms with E-state index in [0.29, 0.717) is 0 Å². The van der Waals surface area contributed by atoms with Crippen LogP contribution in [0.4, 0.5) is 0 Å². The Morgan fingerprint density at radius 2 is 2.57 bits per heavy atom. The van der Waals surface area contributed by atoms with E-state index in [0.717, 1.165) is 0 Å². The molecule has 0 aromatic carbocycles. The minimum Gasteiger partial charge on any atom is -0.381 e. The molecule has 0 bridgehead atoms. The Kier molecular flexibility index (Phi) is 3.29. The molecule has 0 spiro atoms. The summed E-state index contributed by atoms with van der Waals surface area (Å²) in [6.45, 7) is 0.0938. The van der Waals surface area contributed by atoms with Gasteiger partial charge in [0.05, 0.1) is 12.7 Å². The van der Waals surface area contributed by atoms with Gasteiger partial charge in [0.15, 0.2) is 6.10 Å². The second-order valence-electron chi connectivity index (χ2n) is 1.10. The maximum atomic E-state index is 8.37. The fourth-order valence-corrected chi connectivity index (χ4v) is 0.195. The molecular formula is C4H7NO2. The molecule has 7 heavy (non-hydrogen) atoms.